The Kier molecular flexibility index (Phi) is 9.04. The summed E-state index contributed by atoms with van der Waals surface area (Å²) in [7, 11) is 2.31. The Morgan fingerprint density at radius 3 is 2.18 bits per heavy atom. The Bertz CT molecular complexity index is 735. The molecule has 5 aliphatic rings. The van der Waals surface area contributed by atoms with Crippen molar-refractivity contribution in [2.45, 2.75) is 101 Å². The summed E-state index contributed by atoms with van der Waals surface area (Å²) in [6.07, 6.45) is 17.1. The van der Waals surface area contributed by atoms with Crippen LogP contribution in [0.1, 0.15) is 83.5 Å². The second-order valence-electron chi connectivity index (χ2n) is 11.2. The molecule has 2 saturated carbocycles. The van der Waals surface area contributed by atoms with Crippen LogP contribution in [0.4, 0.5) is 0 Å². The number of amides is 2. The first-order valence-corrected chi connectivity index (χ1v) is 13.8. The maximum atomic E-state index is 12.1. The van der Waals surface area contributed by atoms with Crippen molar-refractivity contribution in [3.8, 4) is 0 Å². The van der Waals surface area contributed by atoms with E-state index in [1.165, 1.54) is 77.2 Å². The Morgan fingerprint density at radius 1 is 0.912 bits per heavy atom. The second kappa shape index (κ2) is 12.2. The molecule has 2 aliphatic carbocycles. The number of hydrogen-bond acceptors (Lipinski definition) is 3. The normalized spacial score (nSPS) is 27.5. The van der Waals surface area contributed by atoms with Crippen LogP contribution in [-0.2, 0) is 9.59 Å². The minimum Gasteiger partial charge on any atom is -0.340 e. The Morgan fingerprint density at radius 2 is 1.62 bits per heavy atom. The highest BCUT2D eigenvalue weighted by Gasteiger charge is 2.50. The van der Waals surface area contributed by atoms with Gasteiger partial charge in [0, 0.05) is 43.7 Å². The summed E-state index contributed by atoms with van der Waals surface area (Å²) in [5.41, 5.74) is 0.377. The summed E-state index contributed by atoms with van der Waals surface area (Å²) >= 11 is 0. The zero-order valence-corrected chi connectivity index (χ0v) is 21.2. The van der Waals surface area contributed by atoms with Crippen LogP contribution < -0.4 is 0 Å². The number of likely N-dealkylation sites (tertiary alicyclic amines) is 1. The number of nitrogens with zero attached hydrogens (tertiary/aromatic N) is 3. The molecule has 3 saturated heterocycles. The highest BCUT2D eigenvalue weighted by Crippen LogP contribution is 2.48. The van der Waals surface area contributed by atoms with Gasteiger partial charge in [-0.3, -0.25) is 9.59 Å². The van der Waals surface area contributed by atoms with Crippen LogP contribution in [0.25, 0.3) is 0 Å². The van der Waals surface area contributed by atoms with E-state index in [1.54, 1.807) is 0 Å². The predicted octanol–water partition coefficient (Wildman–Crippen LogP) is 5.11. The number of benzene rings is 1. The van der Waals surface area contributed by atoms with Gasteiger partial charge >= 0.3 is 0 Å². The van der Waals surface area contributed by atoms with Gasteiger partial charge in [-0.1, -0.05) is 42.8 Å². The Balaban J connectivity index is 0.000000149. The van der Waals surface area contributed by atoms with E-state index in [-0.39, 0.29) is 0 Å². The minimum atomic E-state index is 0.377. The van der Waals surface area contributed by atoms with Gasteiger partial charge in [0.15, 0.2) is 0 Å². The standard InChI is InChI=1S/C16H28N2O.C7H11NO.C6H6/c1-17(12-13-5-2-6-13)14-7-3-9-16(19)18-10-4-8-15(18)11-14;9-6-8-5-1-2-7(8)3-4-7;1-2-4-6-5-3-1/h13-15H,2-12H2,1H3;6H,1-5H2;1-6H/t14?,15-;;/m1../s1. The molecule has 3 heterocycles. The quantitative estimate of drug-likeness (QED) is 0.578. The fourth-order valence-electron chi connectivity index (χ4n) is 6.30. The van der Waals surface area contributed by atoms with E-state index in [2.05, 4.69) is 16.8 Å². The highest BCUT2D eigenvalue weighted by molar-refractivity contribution is 5.76. The first-order valence-electron chi connectivity index (χ1n) is 13.8. The molecule has 1 aromatic carbocycles. The van der Waals surface area contributed by atoms with E-state index >= 15 is 0 Å². The average Bonchev–Trinajstić information content (AvgIpc) is 3.27. The second-order valence-corrected chi connectivity index (χ2v) is 11.2. The molecule has 5 fully saturated rings. The number of carbonyl (C=O) groups excluding carboxylic acids is 2. The molecular formula is C29H45N3O2. The van der Waals surface area contributed by atoms with Crippen molar-refractivity contribution in [1.82, 2.24) is 14.7 Å². The Labute approximate surface area is 206 Å². The molecule has 6 rings (SSSR count). The lowest BCUT2D eigenvalue weighted by atomic mass is 9.84. The number of hydrogen-bond donors (Lipinski definition) is 0. The van der Waals surface area contributed by atoms with E-state index in [0.717, 1.165) is 38.3 Å². The molecule has 188 valence electrons. The lowest BCUT2D eigenvalue weighted by Crippen LogP contribution is -2.45. The van der Waals surface area contributed by atoms with E-state index in [0.29, 0.717) is 23.5 Å². The molecule has 5 nitrogen and oxygen atoms in total. The third kappa shape index (κ3) is 6.62. The SMILES string of the molecule is CN(CC1CCC1)C1CCCC(=O)N2CCC[C@@H]2C1.O=CN1CCCC12CC2.c1ccccc1. The topological polar surface area (TPSA) is 43.9 Å². The van der Waals surface area contributed by atoms with E-state index in [1.807, 2.05) is 41.3 Å². The number of rotatable bonds is 4. The summed E-state index contributed by atoms with van der Waals surface area (Å²) in [6, 6.07) is 13.3. The van der Waals surface area contributed by atoms with Gasteiger partial charge in [0.2, 0.25) is 12.3 Å². The zero-order chi connectivity index (χ0) is 23.8. The van der Waals surface area contributed by atoms with Crippen molar-refractivity contribution in [1.29, 1.82) is 0 Å². The van der Waals surface area contributed by atoms with Crippen LogP contribution in [0.3, 0.4) is 0 Å². The van der Waals surface area contributed by atoms with Gasteiger partial charge < -0.3 is 14.7 Å². The molecule has 34 heavy (non-hydrogen) atoms. The van der Waals surface area contributed by atoms with Crippen molar-refractivity contribution in [2.75, 3.05) is 26.7 Å². The van der Waals surface area contributed by atoms with E-state index in [4.69, 9.17) is 0 Å². The van der Waals surface area contributed by atoms with Crippen LogP contribution in [-0.4, -0.2) is 71.3 Å². The number of fused-ring (bicyclic) bond motifs is 1. The Hall–Kier alpha value is -1.88. The summed E-state index contributed by atoms with van der Waals surface area (Å²) in [5.74, 6) is 1.37. The molecule has 2 atom stereocenters. The number of carbonyl (C=O) groups is 2. The molecule has 2 amide bonds. The van der Waals surface area contributed by atoms with Gasteiger partial charge in [0.1, 0.15) is 0 Å². The van der Waals surface area contributed by atoms with E-state index < -0.39 is 0 Å². The van der Waals surface area contributed by atoms with Gasteiger partial charge in [0.25, 0.3) is 0 Å². The minimum absolute atomic E-state index is 0.377. The smallest absolute Gasteiger partial charge is 0.222 e. The monoisotopic (exact) mass is 467 g/mol. The van der Waals surface area contributed by atoms with Crippen molar-refractivity contribution in [3.63, 3.8) is 0 Å². The fraction of sp³-hybridized carbons (Fsp3) is 0.724. The third-order valence-corrected chi connectivity index (χ3v) is 8.84. The van der Waals surface area contributed by atoms with Crippen LogP contribution in [0, 0.1) is 5.92 Å². The summed E-state index contributed by atoms with van der Waals surface area (Å²) in [6.45, 7) is 3.30. The maximum absolute atomic E-state index is 12.1. The predicted molar refractivity (Wildman–Crippen MR) is 137 cm³/mol. The lowest BCUT2D eigenvalue weighted by molar-refractivity contribution is -0.133. The average molecular weight is 468 g/mol. The van der Waals surface area contributed by atoms with Crippen molar-refractivity contribution in [2.24, 2.45) is 5.92 Å². The summed E-state index contributed by atoms with van der Waals surface area (Å²) < 4.78 is 0. The van der Waals surface area contributed by atoms with Crippen molar-refractivity contribution in [3.05, 3.63) is 36.4 Å². The first-order chi connectivity index (χ1) is 16.6. The molecule has 1 spiro atoms. The summed E-state index contributed by atoms with van der Waals surface area (Å²) in [4.78, 5) is 29.2. The zero-order valence-electron chi connectivity index (χ0n) is 21.2. The fourth-order valence-corrected chi connectivity index (χ4v) is 6.30. The van der Waals surface area contributed by atoms with Crippen LogP contribution in [0.15, 0.2) is 36.4 Å². The van der Waals surface area contributed by atoms with Crippen LogP contribution in [0.2, 0.25) is 0 Å². The molecule has 0 N–H and O–H groups in total. The first kappa shape index (κ1) is 25.2. The van der Waals surface area contributed by atoms with Gasteiger partial charge in [0.05, 0.1) is 0 Å². The molecule has 5 heteroatoms. The van der Waals surface area contributed by atoms with Gasteiger partial charge in [-0.2, -0.15) is 0 Å². The van der Waals surface area contributed by atoms with E-state index in [9.17, 15) is 9.59 Å². The molecular weight excluding hydrogens is 422 g/mol. The van der Waals surface area contributed by atoms with Gasteiger partial charge in [-0.15, -0.1) is 0 Å². The molecule has 3 aliphatic heterocycles. The summed E-state index contributed by atoms with van der Waals surface area (Å²) in [5, 5.41) is 0. The lowest BCUT2D eigenvalue weighted by Gasteiger charge is -2.38. The van der Waals surface area contributed by atoms with Crippen LogP contribution >= 0.6 is 0 Å². The third-order valence-electron chi connectivity index (χ3n) is 8.84. The highest BCUT2D eigenvalue weighted by atomic mass is 16.2. The molecule has 0 radical (unpaired) electrons. The van der Waals surface area contributed by atoms with Gasteiger partial charge in [-0.05, 0) is 83.6 Å². The molecule has 0 aromatic heterocycles. The maximum Gasteiger partial charge on any atom is 0.222 e. The van der Waals surface area contributed by atoms with Crippen molar-refractivity contribution >= 4 is 12.3 Å². The van der Waals surface area contributed by atoms with Gasteiger partial charge in [-0.25, -0.2) is 0 Å². The van der Waals surface area contributed by atoms with Crippen LogP contribution in [0.5, 0.6) is 0 Å². The molecule has 0 bridgehead atoms. The molecule has 1 unspecified atom stereocenters. The largest absolute Gasteiger partial charge is 0.340 e. The molecule has 1 aromatic rings. The van der Waals surface area contributed by atoms with Crippen molar-refractivity contribution < 1.29 is 9.59 Å².